The molecule has 0 spiro atoms. The molecule has 0 saturated carbocycles. The number of rotatable bonds is 7. The monoisotopic (exact) mass is 335 g/mol. The number of nitro benzene ring substituents is 1. The molecule has 0 saturated heterocycles. The van der Waals surface area contributed by atoms with Gasteiger partial charge in [-0.1, -0.05) is 0 Å². The molecule has 2 N–H and O–H groups in total. The van der Waals surface area contributed by atoms with Crippen LogP contribution in [0, 0.1) is 10.1 Å². The molecule has 2 unspecified atom stereocenters. The molecule has 10 heteroatoms. The molecule has 1 rings (SSSR count). The van der Waals surface area contributed by atoms with E-state index in [2.05, 4.69) is 10.0 Å². The molecule has 0 aliphatic heterocycles. The summed E-state index contributed by atoms with van der Waals surface area (Å²) in [6.07, 6.45) is 1.49. The van der Waals surface area contributed by atoms with Crippen LogP contribution >= 0.6 is 0 Å². The number of nitro groups is 1. The van der Waals surface area contributed by atoms with Gasteiger partial charge in [0.05, 0.1) is 9.82 Å². The normalized spacial score (nSPS) is 14.4. The van der Waals surface area contributed by atoms with Gasteiger partial charge in [0.15, 0.2) is 0 Å². The highest BCUT2D eigenvalue weighted by Gasteiger charge is 2.20. The molecule has 8 nitrogen and oxygen atoms in total. The summed E-state index contributed by atoms with van der Waals surface area (Å²) in [6, 6.07) is 3.48. The Hall–Kier alpha value is -1.52. The lowest BCUT2D eigenvalue weighted by atomic mass is 10.3. The number of benzene rings is 1. The van der Waals surface area contributed by atoms with Gasteiger partial charge in [0, 0.05) is 42.0 Å². The number of anilines is 1. The van der Waals surface area contributed by atoms with E-state index in [4.69, 9.17) is 0 Å². The summed E-state index contributed by atoms with van der Waals surface area (Å²) < 4.78 is 37.7. The molecule has 0 fully saturated rings. The van der Waals surface area contributed by atoms with Crippen molar-refractivity contribution in [1.29, 1.82) is 0 Å². The number of hydrogen-bond acceptors (Lipinski definition) is 6. The molecule has 0 heterocycles. The van der Waals surface area contributed by atoms with Gasteiger partial charge in [-0.2, -0.15) is 0 Å². The highest BCUT2D eigenvalue weighted by Crippen LogP contribution is 2.26. The molecule has 1 aromatic rings. The van der Waals surface area contributed by atoms with Crippen LogP contribution in [0.5, 0.6) is 0 Å². The van der Waals surface area contributed by atoms with Gasteiger partial charge in [-0.15, -0.1) is 0 Å². The lowest BCUT2D eigenvalue weighted by molar-refractivity contribution is -0.384. The van der Waals surface area contributed by atoms with Gasteiger partial charge in [0.2, 0.25) is 10.0 Å². The average molecular weight is 335 g/mol. The van der Waals surface area contributed by atoms with Gasteiger partial charge in [-0.05, 0) is 19.1 Å². The molecular weight excluding hydrogens is 318 g/mol. The van der Waals surface area contributed by atoms with Crippen molar-refractivity contribution in [3.8, 4) is 0 Å². The Kier molecular flexibility index (Phi) is 5.81. The Balaban J connectivity index is 3.04. The number of nitrogens with zero attached hydrogens (tertiary/aromatic N) is 1. The van der Waals surface area contributed by atoms with Crippen LogP contribution < -0.4 is 10.0 Å². The van der Waals surface area contributed by atoms with E-state index in [-0.39, 0.29) is 28.1 Å². The molecule has 0 aliphatic rings. The van der Waals surface area contributed by atoms with Crippen LogP contribution in [0.2, 0.25) is 0 Å². The summed E-state index contributed by atoms with van der Waals surface area (Å²) in [4.78, 5) is 10.1. The Morgan fingerprint density at radius 1 is 1.43 bits per heavy atom. The highest BCUT2D eigenvalue weighted by molar-refractivity contribution is 7.89. The summed E-state index contributed by atoms with van der Waals surface area (Å²) in [6.45, 7) is 1.69. The quantitative estimate of drug-likeness (QED) is 0.559. The second-order valence-electron chi connectivity index (χ2n) is 4.35. The average Bonchev–Trinajstić information content (AvgIpc) is 2.43. The Morgan fingerprint density at radius 3 is 2.52 bits per heavy atom. The molecule has 0 aliphatic carbocycles. The lowest BCUT2D eigenvalue weighted by Crippen LogP contribution is -2.32. The second kappa shape index (κ2) is 6.96. The maximum Gasteiger partial charge on any atom is 0.292 e. The summed E-state index contributed by atoms with van der Waals surface area (Å²) in [5, 5.41) is 13.1. The smallest absolute Gasteiger partial charge is 0.292 e. The number of hydrogen-bond donors (Lipinski definition) is 2. The van der Waals surface area contributed by atoms with E-state index in [1.165, 1.54) is 19.4 Å². The largest absolute Gasteiger partial charge is 0.383 e. The van der Waals surface area contributed by atoms with Crippen LogP contribution in [0.4, 0.5) is 11.4 Å². The first-order valence-electron chi connectivity index (χ1n) is 5.97. The highest BCUT2D eigenvalue weighted by atomic mass is 32.2. The van der Waals surface area contributed by atoms with Crippen molar-refractivity contribution >= 4 is 32.2 Å². The minimum absolute atomic E-state index is 0.0251. The van der Waals surface area contributed by atoms with E-state index < -0.39 is 25.7 Å². The standard InChI is InChI=1S/C11H17N3O5S2/c1-8(20(3)17)7-13-21(18,19)9-4-5-11(14(15)16)10(6-9)12-2/h4-6,8,12-13H,7H2,1-3H3. The minimum atomic E-state index is -3.81. The van der Waals surface area contributed by atoms with Crippen molar-refractivity contribution in [3.63, 3.8) is 0 Å². The first kappa shape index (κ1) is 17.5. The molecule has 0 aromatic heterocycles. The molecule has 21 heavy (non-hydrogen) atoms. The summed E-state index contributed by atoms with van der Waals surface area (Å²) in [5.74, 6) is 0. The Morgan fingerprint density at radius 2 is 2.05 bits per heavy atom. The van der Waals surface area contributed by atoms with Crippen LogP contribution in [0.3, 0.4) is 0 Å². The van der Waals surface area contributed by atoms with Crippen LogP contribution in [0.25, 0.3) is 0 Å². The van der Waals surface area contributed by atoms with Gasteiger partial charge < -0.3 is 5.32 Å². The maximum absolute atomic E-state index is 12.1. The third kappa shape index (κ3) is 4.48. The molecule has 1 aromatic carbocycles. The van der Waals surface area contributed by atoms with Gasteiger partial charge in [0.25, 0.3) is 5.69 Å². The zero-order valence-electron chi connectivity index (χ0n) is 11.8. The van der Waals surface area contributed by atoms with Crippen LogP contribution in [-0.2, 0) is 20.8 Å². The minimum Gasteiger partial charge on any atom is -0.383 e. The van der Waals surface area contributed by atoms with Crippen molar-refractivity contribution in [2.24, 2.45) is 0 Å². The van der Waals surface area contributed by atoms with Gasteiger partial charge >= 0.3 is 0 Å². The van der Waals surface area contributed by atoms with Crippen LogP contribution in [-0.4, -0.2) is 42.6 Å². The molecule has 0 bridgehead atoms. The molecular formula is C11H17N3O5S2. The molecule has 0 amide bonds. The SMILES string of the molecule is CNc1cc(S(=O)(=O)NCC(C)S(C)=O)ccc1[N+](=O)[O-]. The lowest BCUT2D eigenvalue weighted by Gasteiger charge is -2.11. The van der Waals surface area contributed by atoms with Crippen LogP contribution in [0.1, 0.15) is 6.92 Å². The zero-order chi connectivity index (χ0) is 16.2. The van der Waals surface area contributed by atoms with Crippen molar-refractivity contribution in [1.82, 2.24) is 4.72 Å². The van der Waals surface area contributed by atoms with Crippen molar-refractivity contribution in [2.45, 2.75) is 17.1 Å². The Labute approximate surface area is 125 Å². The van der Waals surface area contributed by atoms with Gasteiger partial charge in [-0.3, -0.25) is 14.3 Å². The fourth-order valence-corrected chi connectivity index (χ4v) is 3.05. The van der Waals surface area contributed by atoms with Crippen molar-refractivity contribution in [3.05, 3.63) is 28.3 Å². The summed E-state index contributed by atoms with van der Waals surface area (Å²) in [5.41, 5.74) is -0.102. The fourth-order valence-electron chi connectivity index (χ4n) is 1.47. The van der Waals surface area contributed by atoms with Crippen molar-refractivity contribution in [2.75, 3.05) is 25.2 Å². The summed E-state index contributed by atoms with van der Waals surface area (Å²) in [7, 11) is -3.49. The maximum atomic E-state index is 12.1. The van der Waals surface area contributed by atoms with Crippen molar-refractivity contribution < 1.29 is 17.6 Å². The molecule has 0 radical (unpaired) electrons. The summed E-state index contributed by atoms with van der Waals surface area (Å²) >= 11 is 0. The number of sulfonamides is 1. The van der Waals surface area contributed by atoms with Gasteiger partial charge in [-0.25, -0.2) is 13.1 Å². The number of nitrogens with one attached hydrogen (secondary N) is 2. The van der Waals surface area contributed by atoms with Gasteiger partial charge in [0.1, 0.15) is 5.69 Å². The third-order valence-corrected chi connectivity index (χ3v) is 5.59. The first-order chi connectivity index (χ1) is 9.69. The zero-order valence-corrected chi connectivity index (χ0v) is 13.5. The van der Waals surface area contributed by atoms with Crippen LogP contribution in [0.15, 0.2) is 23.1 Å². The predicted octanol–water partition coefficient (Wildman–Crippen LogP) is 0.682. The third-order valence-electron chi connectivity index (χ3n) is 2.87. The van der Waals surface area contributed by atoms with E-state index in [1.54, 1.807) is 6.92 Å². The van der Waals surface area contributed by atoms with E-state index in [1.807, 2.05) is 0 Å². The van der Waals surface area contributed by atoms with E-state index in [9.17, 15) is 22.7 Å². The van der Waals surface area contributed by atoms with E-state index in [0.717, 1.165) is 12.1 Å². The topological polar surface area (TPSA) is 118 Å². The van der Waals surface area contributed by atoms with E-state index in [0.29, 0.717) is 0 Å². The van der Waals surface area contributed by atoms with E-state index >= 15 is 0 Å². The second-order valence-corrected chi connectivity index (χ2v) is 7.92. The predicted molar refractivity (Wildman–Crippen MR) is 81.4 cm³/mol. The Bertz CT molecular complexity index is 660. The fraction of sp³-hybridized carbons (Fsp3) is 0.455. The first-order valence-corrected chi connectivity index (χ1v) is 9.07. The molecule has 2 atom stereocenters. The molecule has 118 valence electrons.